The number of hydrogen-bond acceptors (Lipinski definition) is 0. The zero-order chi connectivity index (χ0) is 26.4. The van der Waals surface area contributed by atoms with Crippen molar-refractivity contribution in [2.75, 3.05) is 0 Å². The minimum atomic E-state index is -1.72. The second-order valence-electron chi connectivity index (χ2n) is 13.5. The summed E-state index contributed by atoms with van der Waals surface area (Å²) in [6, 6.07) is 36.8. The van der Waals surface area contributed by atoms with Crippen LogP contribution in [0.2, 0.25) is 44.8 Å². The van der Waals surface area contributed by atoms with E-state index in [-0.39, 0.29) is 5.41 Å². The lowest BCUT2D eigenvalue weighted by molar-refractivity contribution is 0.522. The van der Waals surface area contributed by atoms with E-state index >= 15 is 0 Å². The fraction of sp³-hybridized carbons (Fsp3) is 0.222. The van der Waals surface area contributed by atoms with E-state index in [1.54, 1.807) is 11.1 Å². The predicted octanol–water partition coefficient (Wildman–Crippen LogP) is 9.96. The molecule has 1 saturated carbocycles. The van der Waals surface area contributed by atoms with Gasteiger partial charge in [0.1, 0.15) is 0 Å². The Morgan fingerprint density at radius 1 is 0.526 bits per heavy atom. The predicted molar refractivity (Wildman–Crippen MR) is 169 cm³/mol. The summed E-state index contributed by atoms with van der Waals surface area (Å²) in [4.78, 5) is 0. The molecule has 0 saturated heterocycles. The Hall–Kier alpha value is -3.21. The molecule has 1 spiro atoms. The first kappa shape index (κ1) is 23.9. The van der Waals surface area contributed by atoms with Crippen LogP contribution in [0.3, 0.4) is 0 Å². The molecule has 2 heteroatoms. The van der Waals surface area contributed by atoms with Gasteiger partial charge in [-0.15, -0.1) is 0 Å². The largest absolute Gasteiger partial charge is 0.0903 e. The average Bonchev–Trinajstić information content (AvgIpc) is 3.37. The van der Waals surface area contributed by atoms with Crippen molar-refractivity contribution in [3.8, 4) is 22.3 Å². The lowest BCUT2D eigenvalue weighted by atomic mass is 9.54. The highest BCUT2D eigenvalue weighted by molar-refractivity contribution is 6.82. The van der Waals surface area contributed by atoms with Crippen molar-refractivity contribution < 1.29 is 0 Å². The lowest BCUT2D eigenvalue weighted by Crippen LogP contribution is -2.55. The third-order valence-corrected chi connectivity index (χ3v) is 12.4. The van der Waals surface area contributed by atoms with Gasteiger partial charge in [-0.2, -0.15) is 0 Å². The third kappa shape index (κ3) is 3.08. The number of hydrogen-bond donors (Lipinski definition) is 0. The Balaban J connectivity index is 1.66. The van der Waals surface area contributed by atoms with Crippen LogP contribution in [0.5, 0.6) is 0 Å². The summed E-state index contributed by atoms with van der Waals surface area (Å²) in [5, 5.41) is 0. The number of allylic oxidation sites excluding steroid dienone is 2. The monoisotopic (exact) mass is 524 g/mol. The maximum atomic E-state index is 2.76. The molecule has 188 valence electrons. The van der Waals surface area contributed by atoms with Crippen molar-refractivity contribution in [3.05, 3.63) is 136 Å². The fourth-order valence-electron chi connectivity index (χ4n) is 7.83. The van der Waals surface area contributed by atoms with Crippen LogP contribution in [0.25, 0.3) is 27.8 Å². The van der Waals surface area contributed by atoms with E-state index in [0.717, 1.165) is 0 Å². The van der Waals surface area contributed by atoms with Crippen LogP contribution < -0.4 is 0 Å². The molecule has 0 bridgehead atoms. The standard InChI is InChI=1S/C36H36Si2/c1-37(2,3)23-32-34(33-28-19-9-7-15-24(28)25-16-8-10-20-29(25)33)35(38(4,5)6)36(32)30-21-13-11-17-26(30)27-18-12-14-22-31(27)36/h7-23,35H,1-6H3/b32-23+. The van der Waals surface area contributed by atoms with Gasteiger partial charge in [0.15, 0.2) is 0 Å². The van der Waals surface area contributed by atoms with E-state index in [1.165, 1.54) is 50.1 Å². The SMILES string of the molecule is C[Si](C)(C)/C=C1\C(=C2c3ccccc3-c3ccccc32)C([Si](C)(C)C)C12c1ccccc1-c1ccccc12. The summed E-state index contributed by atoms with van der Waals surface area (Å²) in [6.07, 6.45) is 0. The van der Waals surface area contributed by atoms with E-state index in [2.05, 4.69) is 142 Å². The van der Waals surface area contributed by atoms with Gasteiger partial charge in [0.05, 0.1) is 21.6 Å². The molecule has 0 nitrogen and oxygen atoms in total. The molecule has 1 unspecified atom stereocenters. The first-order valence-corrected chi connectivity index (χ1v) is 21.2. The van der Waals surface area contributed by atoms with Gasteiger partial charge >= 0.3 is 0 Å². The molecule has 4 aromatic carbocycles. The van der Waals surface area contributed by atoms with Crippen LogP contribution in [0.1, 0.15) is 22.3 Å². The molecule has 4 aromatic rings. The molecule has 0 N–H and O–H groups in total. The van der Waals surface area contributed by atoms with Crippen molar-refractivity contribution in [3.63, 3.8) is 0 Å². The van der Waals surface area contributed by atoms with Gasteiger partial charge in [-0.1, -0.05) is 142 Å². The smallest absolute Gasteiger partial charge is 0.0691 e. The Morgan fingerprint density at radius 2 is 0.921 bits per heavy atom. The number of rotatable bonds is 2. The molecular weight excluding hydrogens is 489 g/mol. The minimum absolute atomic E-state index is 0.0627. The maximum Gasteiger partial charge on any atom is 0.0691 e. The quantitative estimate of drug-likeness (QED) is 0.202. The molecule has 38 heavy (non-hydrogen) atoms. The Morgan fingerprint density at radius 3 is 1.34 bits per heavy atom. The first-order chi connectivity index (χ1) is 18.1. The topological polar surface area (TPSA) is 0 Å². The summed E-state index contributed by atoms with van der Waals surface area (Å²) >= 11 is 0. The number of fused-ring (bicyclic) bond motifs is 8. The molecule has 0 radical (unpaired) electrons. The average molecular weight is 525 g/mol. The van der Waals surface area contributed by atoms with E-state index in [0.29, 0.717) is 5.54 Å². The summed E-state index contributed by atoms with van der Waals surface area (Å²) in [5.74, 6) is 0. The van der Waals surface area contributed by atoms with Gasteiger partial charge in [0.2, 0.25) is 0 Å². The first-order valence-electron chi connectivity index (χ1n) is 14.0. The molecule has 1 atom stereocenters. The summed E-state index contributed by atoms with van der Waals surface area (Å²) in [5.41, 5.74) is 19.5. The summed E-state index contributed by atoms with van der Waals surface area (Å²) in [6.45, 7) is 15.3. The fourth-order valence-corrected chi connectivity index (χ4v) is 12.0. The van der Waals surface area contributed by atoms with Crippen LogP contribution in [0.4, 0.5) is 0 Å². The highest BCUT2D eigenvalue weighted by Gasteiger charge is 2.65. The van der Waals surface area contributed by atoms with Crippen LogP contribution >= 0.6 is 0 Å². The normalized spacial score (nSPS) is 19.7. The summed E-state index contributed by atoms with van der Waals surface area (Å²) < 4.78 is 0. The Labute approximate surface area is 229 Å². The molecule has 1 fully saturated rings. The third-order valence-electron chi connectivity index (χ3n) is 8.83. The van der Waals surface area contributed by atoms with Crippen molar-refractivity contribution in [1.82, 2.24) is 0 Å². The van der Waals surface area contributed by atoms with Crippen molar-refractivity contribution >= 4 is 21.7 Å². The van der Waals surface area contributed by atoms with Crippen LogP contribution in [0, 0.1) is 0 Å². The van der Waals surface area contributed by atoms with E-state index in [4.69, 9.17) is 0 Å². The molecule has 0 aliphatic heterocycles. The van der Waals surface area contributed by atoms with Crippen LogP contribution in [-0.4, -0.2) is 16.1 Å². The number of benzene rings is 4. The molecule has 0 heterocycles. The van der Waals surface area contributed by atoms with Crippen LogP contribution in [-0.2, 0) is 5.41 Å². The zero-order valence-electron chi connectivity index (χ0n) is 23.4. The molecule has 0 amide bonds. The minimum Gasteiger partial charge on any atom is -0.0903 e. The van der Waals surface area contributed by atoms with Gasteiger partial charge in [-0.25, -0.2) is 0 Å². The van der Waals surface area contributed by atoms with Gasteiger partial charge < -0.3 is 0 Å². The highest BCUT2D eigenvalue weighted by Crippen LogP contribution is 2.74. The highest BCUT2D eigenvalue weighted by atomic mass is 28.3. The van der Waals surface area contributed by atoms with Crippen molar-refractivity contribution in [2.24, 2.45) is 0 Å². The van der Waals surface area contributed by atoms with E-state index < -0.39 is 16.1 Å². The van der Waals surface area contributed by atoms with Crippen molar-refractivity contribution in [2.45, 2.75) is 50.2 Å². The van der Waals surface area contributed by atoms with Gasteiger partial charge in [-0.05, 0) is 66.8 Å². The molecular formula is C36H36Si2. The van der Waals surface area contributed by atoms with Crippen LogP contribution in [0.15, 0.2) is 114 Å². The molecule has 7 rings (SSSR count). The van der Waals surface area contributed by atoms with Gasteiger partial charge in [0, 0.05) is 0 Å². The molecule has 3 aliphatic carbocycles. The van der Waals surface area contributed by atoms with E-state index in [1.807, 2.05) is 0 Å². The Bertz CT molecular complexity index is 1590. The second-order valence-corrected chi connectivity index (χ2v) is 23.8. The van der Waals surface area contributed by atoms with E-state index in [9.17, 15) is 0 Å². The molecule has 3 aliphatic rings. The lowest BCUT2D eigenvalue weighted by Gasteiger charge is -2.59. The maximum absolute atomic E-state index is 2.76. The summed E-state index contributed by atoms with van der Waals surface area (Å²) in [7, 11) is -3.29. The van der Waals surface area contributed by atoms with Crippen molar-refractivity contribution in [1.29, 1.82) is 0 Å². The Kier molecular flexibility index (Phi) is 4.97. The van der Waals surface area contributed by atoms with Gasteiger partial charge in [0.25, 0.3) is 0 Å². The molecule has 0 aromatic heterocycles. The zero-order valence-corrected chi connectivity index (χ0v) is 25.4. The second kappa shape index (κ2) is 7.91. The van der Waals surface area contributed by atoms with Gasteiger partial charge in [-0.3, -0.25) is 0 Å².